The standard InChI is InChI=1S/C16H16ClN3O4S/c17-13-5-1-2-6-14(13)18-9-11-19(12-10-18)25(23,24)16-8-4-3-7-15(16)20(21)22/h1-8H,9-12H2. The Balaban J connectivity index is 1.81. The number of anilines is 1. The van der Waals surface area contributed by atoms with Gasteiger partial charge in [-0.15, -0.1) is 0 Å². The Morgan fingerprint density at radius 2 is 1.56 bits per heavy atom. The van der Waals surface area contributed by atoms with E-state index in [-0.39, 0.29) is 18.0 Å². The monoisotopic (exact) mass is 381 g/mol. The van der Waals surface area contributed by atoms with E-state index in [0.29, 0.717) is 18.1 Å². The zero-order chi connectivity index (χ0) is 18.0. The minimum atomic E-state index is -3.92. The van der Waals surface area contributed by atoms with Crippen LogP contribution < -0.4 is 4.90 Å². The van der Waals surface area contributed by atoms with Gasteiger partial charge in [0, 0.05) is 32.2 Å². The molecule has 1 saturated heterocycles. The van der Waals surface area contributed by atoms with E-state index in [1.807, 2.05) is 23.1 Å². The molecule has 0 amide bonds. The average Bonchev–Trinajstić information content (AvgIpc) is 2.62. The normalized spacial score (nSPS) is 16.0. The van der Waals surface area contributed by atoms with Crippen molar-refractivity contribution in [3.63, 3.8) is 0 Å². The number of rotatable bonds is 4. The SMILES string of the molecule is O=[N+]([O-])c1ccccc1S(=O)(=O)N1CCN(c2ccccc2Cl)CC1. The van der Waals surface area contributed by atoms with E-state index in [2.05, 4.69) is 0 Å². The molecule has 0 unspecified atom stereocenters. The van der Waals surface area contributed by atoms with E-state index in [1.165, 1.54) is 28.6 Å². The van der Waals surface area contributed by atoms with Crippen LogP contribution in [-0.2, 0) is 10.0 Å². The van der Waals surface area contributed by atoms with Crippen molar-refractivity contribution in [2.45, 2.75) is 4.90 Å². The van der Waals surface area contributed by atoms with Crippen molar-refractivity contribution in [2.75, 3.05) is 31.1 Å². The highest BCUT2D eigenvalue weighted by Gasteiger charge is 2.33. The van der Waals surface area contributed by atoms with Crippen molar-refractivity contribution >= 4 is 33.0 Å². The number of sulfonamides is 1. The molecule has 9 heteroatoms. The average molecular weight is 382 g/mol. The van der Waals surface area contributed by atoms with Crippen molar-refractivity contribution in [3.05, 3.63) is 63.7 Å². The topological polar surface area (TPSA) is 83.8 Å². The molecule has 2 aromatic rings. The largest absolute Gasteiger partial charge is 0.368 e. The lowest BCUT2D eigenvalue weighted by Crippen LogP contribution is -2.48. The molecule has 1 aliphatic heterocycles. The number of piperazine rings is 1. The molecule has 0 bridgehead atoms. The van der Waals surface area contributed by atoms with Crippen LogP contribution in [0.1, 0.15) is 0 Å². The number of nitrogens with zero attached hydrogens (tertiary/aromatic N) is 3. The first-order chi connectivity index (χ1) is 11.9. The molecular formula is C16H16ClN3O4S. The quantitative estimate of drug-likeness (QED) is 0.600. The van der Waals surface area contributed by atoms with Gasteiger partial charge in [-0.05, 0) is 18.2 Å². The number of benzene rings is 2. The molecule has 0 spiro atoms. The third kappa shape index (κ3) is 3.46. The molecule has 0 atom stereocenters. The van der Waals surface area contributed by atoms with E-state index in [4.69, 9.17) is 11.6 Å². The second kappa shape index (κ2) is 6.99. The van der Waals surface area contributed by atoms with Crippen LogP contribution in [0.15, 0.2) is 53.4 Å². The summed E-state index contributed by atoms with van der Waals surface area (Å²) in [7, 11) is -3.92. The molecule has 1 fully saturated rings. The van der Waals surface area contributed by atoms with E-state index in [9.17, 15) is 18.5 Å². The predicted octanol–water partition coefficient (Wildman–Crippen LogP) is 2.76. The fourth-order valence-corrected chi connectivity index (χ4v) is 4.68. The van der Waals surface area contributed by atoms with Gasteiger partial charge in [0.05, 0.1) is 15.6 Å². The summed E-state index contributed by atoms with van der Waals surface area (Å²) in [6, 6.07) is 12.8. The smallest absolute Gasteiger partial charge is 0.289 e. The summed E-state index contributed by atoms with van der Waals surface area (Å²) in [4.78, 5) is 12.2. The predicted molar refractivity (Wildman–Crippen MR) is 95.5 cm³/mol. The van der Waals surface area contributed by atoms with Crippen LogP contribution in [0.4, 0.5) is 11.4 Å². The molecule has 1 heterocycles. The molecule has 3 rings (SSSR count). The van der Waals surface area contributed by atoms with Gasteiger partial charge in [0.25, 0.3) is 5.69 Å². The number of nitro groups is 1. The molecule has 132 valence electrons. The number of nitro benzene ring substituents is 1. The van der Waals surface area contributed by atoms with E-state index < -0.39 is 20.6 Å². The highest BCUT2D eigenvalue weighted by molar-refractivity contribution is 7.89. The second-order valence-electron chi connectivity index (χ2n) is 5.57. The van der Waals surface area contributed by atoms with E-state index >= 15 is 0 Å². The second-order valence-corrected chi connectivity index (χ2v) is 7.88. The van der Waals surface area contributed by atoms with Crippen LogP contribution >= 0.6 is 11.6 Å². The molecule has 0 aliphatic carbocycles. The minimum absolute atomic E-state index is 0.236. The van der Waals surface area contributed by atoms with Crippen LogP contribution in [0.2, 0.25) is 5.02 Å². The zero-order valence-electron chi connectivity index (χ0n) is 13.2. The Hall–Kier alpha value is -2.16. The van der Waals surface area contributed by atoms with Gasteiger partial charge >= 0.3 is 0 Å². The maximum atomic E-state index is 12.8. The van der Waals surface area contributed by atoms with Crippen LogP contribution in [0, 0.1) is 10.1 Å². The lowest BCUT2D eigenvalue weighted by molar-refractivity contribution is -0.387. The Labute approximate surface area is 150 Å². The van der Waals surface area contributed by atoms with Gasteiger partial charge in [0.1, 0.15) is 0 Å². The third-order valence-electron chi connectivity index (χ3n) is 4.11. The van der Waals surface area contributed by atoms with E-state index in [1.54, 1.807) is 6.07 Å². The number of halogens is 1. The summed E-state index contributed by atoms with van der Waals surface area (Å²) in [5, 5.41) is 11.7. The van der Waals surface area contributed by atoms with Crippen LogP contribution in [0.25, 0.3) is 0 Å². The first kappa shape index (κ1) is 17.7. The Kier molecular flexibility index (Phi) is 4.94. The highest BCUT2D eigenvalue weighted by atomic mass is 35.5. The summed E-state index contributed by atoms with van der Waals surface area (Å²) >= 11 is 6.19. The van der Waals surface area contributed by atoms with Gasteiger partial charge in [-0.1, -0.05) is 35.9 Å². The third-order valence-corrected chi connectivity index (χ3v) is 6.38. The Morgan fingerprint density at radius 1 is 0.960 bits per heavy atom. The summed E-state index contributed by atoms with van der Waals surface area (Å²) in [5.41, 5.74) is 0.447. The number of para-hydroxylation sites is 2. The summed E-state index contributed by atoms with van der Waals surface area (Å²) in [6.07, 6.45) is 0. The molecule has 1 aliphatic rings. The van der Waals surface area contributed by atoms with Gasteiger partial charge in [0.2, 0.25) is 10.0 Å². The number of hydrogen-bond donors (Lipinski definition) is 0. The minimum Gasteiger partial charge on any atom is -0.368 e. The molecular weight excluding hydrogens is 366 g/mol. The fraction of sp³-hybridized carbons (Fsp3) is 0.250. The first-order valence-corrected chi connectivity index (χ1v) is 9.46. The lowest BCUT2D eigenvalue weighted by Gasteiger charge is -2.35. The molecule has 7 nitrogen and oxygen atoms in total. The Bertz CT molecular complexity index is 896. The van der Waals surface area contributed by atoms with Crippen molar-refractivity contribution in [3.8, 4) is 0 Å². The van der Waals surface area contributed by atoms with E-state index in [0.717, 1.165) is 5.69 Å². The van der Waals surface area contributed by atoms with Crippen molar-refractivity contribution in [1.29, 1.82) is 0 Å². The van der Waals surface area contributed by atoms with Gasteiger partial charge < -0.3 is 4.90 Å². The maximum absolute atomic E-state index is 12.8. The highest BCUT2D eigenvalue weighted by Crippen LogP contribution is 2.29. The van der Waals surface area contributed by atoms with Gasteiger partial charge in [-0.25, -0.2) is 8.42 Å². The lowest BCUT2D eigenvalue weighted by atomic mass is 10.2. The van der Waals surface area contributed by atoms with Gasteiger partial charge in [0.15, 0.2) is 4.90 Å². The van der Waals surface area contributed by atoms with Crippen LogP contribution in [-0.4, -0.2) is 43.8 Å². The summed E-state index contributed by atoms with van der Waals surface area (Å²) in [5.74, 6) is 0. The van der Waals surface area contributed by atoms with Crippen LogP contribution in [0.3, 0.4) is 0 Å². The van der Waals surface area contributed by atoms with Gasteiger partial charge in [-0.2, -0.15) is 4.31 Å². The molecule has 0 saturated carbocycles. The van der Waals surface area contributed by atoms with Crippen molar-refractivity contribution < 1.29 is 13.3 Å². The van der Waals surface area contributed by atoms with Crippen molar-refractivity contribution in [1.82, 2.24) is 4.31 Å². The molecule has 0 N–H and O–H groups in total. The number of hydrogen-bond acceptors (Lipinski definition) is 5. The van der Waals surface area contributed by atoms with Crippen molar-refractivity contribution in [2.24, 2.45) is 0 Å². The summed E-state index contributed by atoms with van der Waals surface area (Å²) in [6.45, 7) is 1.40. The summed E-state index contributed by atoms with van der Waals surface area (Å²) < 4.78 is 26.9. The molecule has 2 aromatic carbocycles. The Morgan fingerprint density at radius 3 is 2.20 bits per heavy atom. The zero-order valence-corrected chi connectivity index (χ0v) is 14.8. The van der Waals surface area contributed by atoms with Crippen LogP contribution in [0.5, 0.6) is 0 Å². The maximum Gasteiger partial charge on any atom is 0.289 e. The fourth-order valence-electron chi connectivity index (χ4n) is 2.84. The molecule has 0 radical (unpaired) electrons. The van der Waals surface area contributed by atoms with Gasteiger partial charge in [-0.3, -0.25) is 10.1 Å². The first-order valence-electron chi connectivity index (χ1n) is 7.64. The molecule has 25 heavy (non-hydrogen) atoms. The molecule has 0 aromatic heterocycles.